The third kappa shape index (κ3) is 5.82. The van der Waals surface area contributed by atoms with E-state index in [1.807, 2.05) is 0 Å². The number of fused-ring (bicyclic) bond motifs is 1. The Balaban J connectivity index is 1.30. The Morgan fingerprint density at radius 3 is 1.92 bits per heavy atom. The van der Waals surface area contributed by atoms with E-state index >= 15 is 0 Å². The van der Waals surface area contributed by atoms with Crippen molar-refractivity contribution in [2.75, 3.05) is 18.0 Å². The molecule has 0 amide bonds. The van der Waals surface area contributed by atoms with Crippen LogP contribution in [0.3, 0.4) is 0 Å². The lowest BCUT2D eigenvalue weighted by Crippen LogP contribution is -2.32. The molecule has 5 heteroatoms. The molecular weight excluding hydrogens is 458 g/mol. The van der Waals surface area contributed by atoms with Crippen LogP contribution in [0.5, 0.6) is 0 Å². The van der Waals surface area contributed by atoms with E-state index in [1.165, 1.54) is 11.1 Å². The normalized spacial score (nSPS) is 15.9. The van der Waals surface area contributed by atoms with Gasteiger partial charge in [-0.15, -0.1) is 0 Å². The molecule has 37 heavy (non-hydrogen) atoms. The number of hydrogen-bond donors (Lipinski definition) is 0. The molecule has 2 aromatic carbocycles. The molecule has 1 saturated carbocycles. The Labute approximate surface area is 220 Å². The zero-order chi connectivity index (χ0) is 25.8. The van der Waals surface area contributed by atoms with Crippen LogP contribution < -0.4 is 4.90 Å². The number of benzene rings is 2. The van der Waals surface area contributed by atoms with Gasteiger partial charge in [-0.1, -0.05) is 78.9 Å². The highest BCUT2D eigenvalue weighted by Crippen LogP contribution is 2.35. The number of anilines is 1. The molecule has 1 aromatic heterocycles. The van der Waals surface area contributed by atoms with Crippen molar-refractivity contribution >= 4 is 17.4 Å². The second kappa shape index (κ2) is 11.4. The van der Waals surface area contributed by atoms with Gasteiger partial charge in [0.1, 0.15) is 11.6 Å². The Hall–Kier alpha value is -3.34. The van der Waals surface area contributed by atoms with Crippen LogP contribution in [0.15, 0.2) is 48.5 Å². The van der Waals surface area contributed by atoms with Crippen molar-refractivity contribution in [2.45, 2.75) is 71.6 Å². The fourth-order valence-electron chi connectivity index (χ4n) is 5.57. The molecule has 1 aliphatic heterocycles. The second-order valence-corrected chi connectivity index (χ2v) is 10.7. The number of carbonyl (C=O) groups excluding carboxylic acids is 2. The zero-order valence-corrected chi connectivity index (χ0v) is 22.1. The Morgan fingerprint density at radius 1 is 0.730 bits per heavy atom. The average Bonchev–Trinajstić information content (AvgIpc) is 3.23. The first-order valence-corrected chi connectivity index (χ1v) is 13.8. The van der Waals surface area contributed by atoms with Gasteiger partial charge in [0, 0.05) is 37.1 Å². The lowest BCUT2D eigenvalue weighted by molar-refractivity contribution is -0.127. The van der Waals surface area contributed by atoms with Crippen molar-refractivity contribution in [1.82, 2.24) is 9.97 Å². The maximum atomic E-state index is 11.9. The molecule has 2 heterocycles. The third-order valence-corrected chi connectivity index (χ3v) is 7.80. The molecule has 5 nitrogen and oxygen atoms in total. The molecule has 0 spiro atoms. The molecule has 1 aliphatic carbocycles. The predicted octanol–water partition coefficient (Wildman–Crippen LogP) is 6.68. The minimum Gasteiger partial charge on any atom is -0.355 e. The van der Waals surface area contributed by atoms with Gasteiger partial charge < -0.3 is 4.90 Å². The van der Waals surface area contributed by atoms with E-state index in [1.54, 1.807) is 0 Å². The Bertz CT molecular complexity index is 1250. The maximum absolute atomic E-state index is 11.9. The van der Waals surface area contributed by atoms with Gasteiger partial charge >= 0.3 is 0 Å². The minimum atomic E-state index is -0.313. The minimum absolute atomic E-state index is 0.155. The SMILES string of the molecule is Cc1ccc(-c2nc3c(nc2-c2ccc(C)cc2)N(CCCCCCC2C(=O)CCC2=O)CCC3)cc1. The molecule has 0 N–H and O–H groups in total. The van der Waals surface area contributed by atoms with E-state index in [9.17, 15) is 9.59 Å². The first kappa shape index (κ1) is 25.3. The summed E-state index contributed by atoms with van der Waals surface area (Å²) in [5.41, 5.74) is 7.66. The van der Waals surface area contributed by atoms with Crippen LogP contribution in [-0.4, -0.2) is 34.6 Å². The second-order valence-electron chi connectivity index (χ2n) is 10.7. The lowest BCUT2D eigenvalue weighted by Gasteiger charge is -2.30. The predicted molar refractivity (Wildman–Crippen MR) is 149 cm³/mol. The number of carbonyl (C=O) groups is 2. The van der Waals surface area contributed by atoms with Crippen LogP contribution in [0.4, 0.5) is 5.82 Å². The van der Waals surface area contributed by atoms with Gasteiger partial charge in [0.05, 0.1) is 23.0 Å². The average molecular weight is 496 g/mol. The zero-order valence-electron chi connectivity index (χ0n) is 22.1. The fraction of sp³-hybridized carbons (Fsp3) is 0.438. The van der Waals surface area contributed by atoms with Crippen LogP contribution in [0.2, 0.25) is 0 Å². The molecule has 3 aromatic rings. The molecule has 2 aliphatic rings. The van der Waals surface area contributed by atoms with Gasteiger partial charge in [-0.3, -0.25) is 9.59 Å². The molecule has 0 atom stereocenters. The van der Waals surface area contributed by atoms with E-state index < -0.39 is 0 Å². The maximum Gasteiger partial charge on any atom is 0.151 e. The molecule has 0 bridgehead atoms. The monoisotopic (exact) mass is 495 g/mol. The molecule has 0 saturated heterocycles. The van der Waals surface area contributed by atoms with Crippen molar-refractivity contribution < 1.29 is 9.59 Å². The summed E-state index contributed by atoms with van der Waals surface area (Å²) in [6.45, 7) is 6.17. The fourth-order valence-corrected chi connectivity index (χ4v) is 5.57. The van der Waals surface area contributed by atoms with Crippen molar-refractivity contribution in [2.24, 2.45) is 5.92 Å². The number of rotatable bonds is 9. The third-order valence-electron chi connectivity index (χ3n) is 7.80. The van der Waals surface area contributed by atoms with Crippen molar-refractivity contribution in [3.05, 3.63) is 65.4 Å². The Morgan fingerprint density at radius 2 is 1.30 bits per heavy atom. The van der Waals surface area contributed by atoms with Crippen molar-refractivity contribution in [1.29, 1.82) is 0 Å². The highest BCUT2D eigenvalue weighted by Gasteiger charge is 2.31. The standard InChI is InChI=1S/C32H37N3O2/c1-22-10-14-24(15-11-22)30-31(25-16-12-23(2)13-17-25)34-32-27(33-30)9-7-21-35(32)20-6-4-3-5-8-26-28(36)18-19-29(26)37/h10-17,26H,3-9,18-21H2,1-2H3. The van der Waals surface area contributed by atoms with Gasteiger partial charge in [0.2, 0.25) is 0 Å². The van der Waals surface area contributed by atoms with E-state index in [0.29, 0.717) is 12.8 Å². The molecular formula is C32H37N3O2. The number of hydrogen-bond acceptors (Lipinski definition) is 5. The summed E-state index contributed by atoms with van der Waals surface area (Å²) >= 11 is 0. The Kier molecular flexibility index (Phi) is 7.78. The summed E-state index contributed by atoms with van der Waals surface area (Å²) < 4.78 is 0. The van der Waals surface area contributed by atoms with E-state index in [2.05, 4.69) is 67.3 Å². The number of aryl methyl sites for hydroxylation is 3. The van der Waals surface area contributed by atoms with Gasteiger partial charge in [-0.25, -0.2) is 9.97 Å². The first-order valence-electron chi connectivity index (χ1n) is 13.8. The van der Waals surface area contributed by atoms with E-state index in [4.69, 9.17) is 9.97 Å². The van der Waals surface area contributed by atoms with E-state index in [0.717, 1.165) is 92.1 Å². The summed E-state index contributed by atoms with van der Waals surface area (Å²) in [5.74, 6) is 1.03. The number of ketones is 2. The van der Waals surface area contributed by atoms with Crippen molar-refractivity contribution in [3.63, 3.8) is 0 Å². The van der Waals surface area contributed by atoms with Crippen LogP contribution in [0.25, 0.3) is 22.5 Å². The molecule has 0 unspecified atom stereocenters. The van der Waals surface area contributed by atoms with Gasteiger partial charge in [-0.05, 0) is 39.5 Å². The molecule has 192 valence electrons. The number of aromatic nitrogens is 2. The molecule has 1 fully saturated rings. The van der Waals surface area contributed by atoms with Crippen LogP contribution in [0, 0.1) is 19.8 Å². The summed E-state index contributed by atoms with van der Waals surface area (Å²) in [6.07, 6.45) is 7.87. The number of Topliss-reactive ketones (excluding diaryl/α,β-unsaturated/α-hetero) is 2. The highest BCUT2D eigenvalue weighted by atomic mass is 16.2. The largest absolute Gasteiger partial charge is 0.355 e. The highest BCUT2D eigenvalue weighted by molar-refractivity contribution is 6.08. The quantitative estimate of drug-likeness (QED) is 0.245. The van der Waals surface area contributed by atoms with Crippen molar-refractivity contribution in [3.8, 4) is 22.5 Å². The van der Waals surface area contributed by atoms with Gasteiger partial charge in [-0.2, -0.15) is 0 Å². The summed E-state index contributed by atoms with van der Waals surface area (Å²) in [7, 11) is 0. The lowest BCUT2D eigenvalue weighted by atomic mass is 9.97. The summed E-state index contributed by atoms with van der Waals surface area (Å²) in [6, 6.07) is 17.2. The van der Waals surface area contributed by atoms with Gasteiger partial charge in [0.25, 0.3) is 0 Å². The first-order chi connectivity index (χ1) is 18.0. The van der Waals surface area contributed by atoms with E-state index in [-0.39, 0.29) is 17.5 Å². The van der Waals surface area contributed by atoms with Crippen LogP contribution in [-0.2, 0) is 16.0 Å². The number of unbranched alkanes of at least 4 members (excludes halogenated alkanes) is 3. The van der Waals surface area contributed by atoms with Crippen LogP contribution >= 0.6 is 0 Å². The number of nitrogens with zero attached hydrogens (tertiary/aromatic N) is 3. The molecule has 0 radical (unpaired) electrons. The van der Waals surface area contributed by atoms with Gasteiger partial charge in [0.15, 0.2) is 5.82 Å². The smallest absolute Gasteiger partial charge is 0.151 e. The summed E-state index contributed by atoms with van der Waals surface area (Å²) in [5, 5.41) is 0. The topological polar surface area (TPSA) is 63.2 Å². The summed E-state index contributed by atoms with van der Waals surface area (Å²) in [4.78, 5) is 36.6. The van der Waals surface area contributed by atoms with Crippen LogP contribution in [0.1, 0.15) is 68.2 Å². The molecule has 5 rings (SSSR count).